The van der Waals surface area contributed by atoms with Gasteiger partial charge in [0.05, 0.1) is 0 Å². The molecule has 2 heterocycles. The maximum Gasteiger partial charge on any atom is 0.0164 e. The van der Waals surface area contributed by atoms with Gasteiger partial charge in [-0.05, 0) is 31.8 Å². The van der Waals surface area contributed by atoms with Crippen molar-refractivity contribution in [3.05, 3.63) is 12.2 Å². The molecule has 0 spiro atoms. The second kappa shape index (κ2) is 7.14. The fraction of sp³-hybridized carbons (Fsp3) is 0.857. The Morgan fingerprint density at radius 3 is 2.76 bits per heavy atom. The maximum atomic E-state index is 3.40. The van der Waals surface area contributed by atoms with Gasteiger partial charge in [-0.2, -0.15) is 0 Å². The lowest BCUT2D eigenvalue weighted by Gasteiger charge is -2.30. The van der Waals surface area contributed by atoms with Gasteiger partial charge in [0.15, 0.2) is 0 Å². The van der Waals surface area contributed by atoms with Crippen molar-refractivity contribution in [3.63, 3.8) is 0 Å². The lowest BCUT2D eigenvalue weighted by Crippen LogP contribution is -2.43. The van der Waals surface area contributed by atoms with Crippen molar-refractivity contribution in [1.82, 2.24) is 15.1 Å². The number of piperazine rings is 1. The first-order chi connectivity index (χ1) is 8.38. The molecule has 3 nitrogen and oxygen atoms in total. The molecule has 98 valence electrons. The summed E-state index contributed by atoms with van der Waals surface area (Å²) in [6, 6.07) is 0. The van der Waals surface area contributed by atoms with E-state index in [9.17, 15) is 0 Å². The smallest absolute Gasteiger partial charge is 0.0164 e. The normalized spacial score (nSPS) is 28.9. The first kappa shape index (κ1) is 13.1. The highest BCUT2D eigenvalue weighted by atomic mass is 15.2. The first-order valence-electron chi connectivity index (χ1n) is 7.20. The van der Waals surface area contributed by atoms with Crippen LogP contribution in [0.2, 0.25) is 0 Å². The van der Waals surface area contributed by atoms with Gasteiger partial charge >= 0.3 is 0 Å². The van der Waals surface area contributed by atoms with Gasteiger partial charge in [0, 0.05) is 39.3 Å². The monoisotopic (exact) mass is 237 g/mol. The van der Waals surface area contributed by atoms with Gasteiger partial charge in [0.1, 0.15) is 0 Å². The number of nitrogens with one attached hydrogen (secondary N) is 1. The van der Waals surface area contributed by atoms with Gasteiger partial charge < -0.3 is 10.2 Å². The molecule has 0 aliphatic carbocycles. The van der Waals surface area contributed by atoms with Crippen LogP contribution in [0.1, 0.15) is 19.8 Å². The van der Waals surface area contributed by atoms with E-state index >= 15 is 0 Å². The third-order valence-corrected chi connectivity index (χ3v) is 3.97. The Hall–Kier alpha value is -0.380. The average molecular weight is 237 g/mol. The molecule has 2 rings (SSSR count). The molecule has 0 saturated carbocycles. The van der Waals surface area contributed by atoms with Crippen molar-refractivity contribution in [2.24, 2.45) is 5.92 Å². The molecular formula is C14H27N3. The highest BCUT2D eigenvalue weighted by Gasteiger charge is 2.16. The summed E-state index contributed by atoms with van der Waals surface area (Å²) in [6.07, 6.45) is 7.62. The van der Waals surface area contributed by atoms with Gasteiger partial charge in [-0.25, -0.2) is 0 Å². The molecule has 2 saturated heterocycles. The van der Waals surface area contributed by atoms with Crippen molar-refractivity contribution < 1.29 is 0 Å². The Bertz CT molecular complexity index is 234. The zero-order valence-electron chi connectivity index (χ0n) is 11.2. The van der Waals surface area contributed by atoms with Gasteiger partial charge in [-0.3, -0.25) is 4.90 Å². The van der Waals surface area contributed by atoms with Crippen LogP contribution in [-0.2, 0) is 0 Å². The van der Waals surface area contributed by atoms with Crippen LogP contribution in [0.25, 0.3) is 0 Å². The summed E-state index contributed by atoms with van der Waals surface area (Å²) in [6.45, 7) is 11.9. The predicted octanol–water partition coefficient (Wildman–Crippen LogP) is 1.18. The van der Waals surface area contributed by atoms with Gasteiger partial charge in [-0.1, -0.05) is 19.1 Å². The van der Waals surface area contributed by atoms with Crippen LogP contribution in [0.5, 0.6) is 0 Å². The molecule has 0 amide bonds. The predicted molar refractivity (Wildman–Crippen MR) is 73.3 cm³/mol. The van der Waals surface area contributed by atoms with Crippen LogP contribution in [0, 0.1) is 5.92 Å². The number of likely N-dealkylation sites (tertiary alicyclic amines) is 1. The van der Waals surface area contributed by atoms with Crippen molar-refractivity contribution in [2.45, 2.75) is 19.8 Å². The molecule has 2 aliphatic heterocycles. The van der Waals surface area contributed by atoms with E-state index in [1.807, 2.05) is 0 Å². The van der Waals surface area contributed by atoms with Crippen LogP contribution < -0.4 is 5.32 Å². The van der Waals surface area contributed by atoms with E-state index in [1.54, 1.807) is 0 Å². The Balaban J connectivity index is 1.68. The zero-order valence-corrected chi connectivity index (χ0v) is 11.2. The largest absolute Gasteiger partial charge is 0.314 e. The first-order valence-corrected chi connectivity index (χ1v) is 7.20. The van der Waals surface area contributed by atoms with Gasteiger partial charge in [0.25, 0.3) is 0 Å². The third-order valence-electron chi connectivity index (χ3n) is 3.97. The van der Waals surface area contributed by atoms with Crippen LogP contribution in [-0.4, -0.2) is 62.2 Å². The van der Waals surface area contributed by atoms with E-state index in [0.717, 1.165) is 25.6 Å². The van der Waals surface area contributed by atoms with Gasteiger partial charge in [-0.15, -0.1) is 0 Å². The summed E-state index contributed by atoms with van der Waals surface area (Å²) in [5.74, 6) is 0.798. The minimum Gasteiger partial charge on any atom is -0.314 e. The van der Waals surface area contributed by atoms with Crippen LogP contribution >= 0.6 is 0 Å². The van der Waals surface area contributed by atoms with Crippen molar-refractivity contribution in [2.75, 3.05) is 52.4 Å². The summed E-state index contributed by atoms with van der Waals surface area (Å²) in [5, 5.41) is 3.40. The Labute approximate surface area is 106 Å². The summed E-state index contributed by atoms with van der Waals surface area (Å²) >= 11 is 0. The standard InChI is InChI=1S/C14H27N3/c1-2-16-9-3-5-14(13-16)6-4-10-17-11-7-15-8-12-17/h4,6,14-15H,2-3,5,7-13H2,1H3/b6-4-. The molecule has 1 atom stereocenters. The maximum absolute atomic E-state index is 3.40. The topological polar surface area (TPSA) is 18.5 Å². The minimum absolute atomic E-state index is 0.798. The Morgan fingerprint density at radius 1 is 1.18 bits per heavy atom. The molecule has 2 aliphatic rings. The molecule has 2 fully saturated rings. The van der Waals surface area contributed by atoms with Crippen molar-refractivity contribution >= 4 is 0 Å². The number of piperidine rings is 1. The fourth-order valence-corrected chi connectivity index (χ4v) is 2.83. The second-order valence-corrected chi connectivity index (χ2v) is 5.27. The Morgan fingerprint density at radius 2 is 2.00 bits per heavy atom. The van der Waals surface area contributed by atoms with E-state index in [4.69, 9.17) is 0 Å². The summed E-state index contributed by atoms with van der Waals surface area (Å²) < 4.78 is 0. The molecule has 17 heavy (non-hydrogen) atoms. The summed E-state index contributed by atoms with van der Waals surface area (Å²) in [5.41, 5.74) is 0. The van der Waals surface area contributed by atoms with Crippen molar-refractivity contribution in [1.29, 1.82) is 0 Å². The zero-order chi connectivity index (χ0) is 11.9. The van der Waals surface area contributed by atoms with E-state index in [0.29, 0.717) is 0 Å². The lowest BCUT2D eigenvalue weighted by atomic mass is 9.97. The van der Waals surface area contributed by atoms with E-state index in [1.165, 1.54) is 45.6 Å². The highest BCUT2D eigenvalue weighted by Crippen LogP contribution is 2.17. The molecule has 0 aromatic rings. The quantitative estimate of drug-likeness (QED) is 0.741. The van der Waals surface area contributed by atoms with E-state index < -0.39 is 0 Å². The van der Waals surface area contributed by atoms with Crippen LogP contribution in [0.3, 0.4) is 0 Å². The minimum atomic E-state index is 0.798. The summed E-state index contributed by atoms with van der Waals surface area (Å²) in [4.78, 5) is 5.11. The number of hydrogen-bond donors (Lipinski definition) is 1. The number of nitrogens with zero attached hydrogens (tertiary/aromatic N) is 2. The summed E-state index contributed by atoms with van der Waals surface area (Å²) in [7, 11) is 0. The third kappa shape index (κ3) is 4.41. The molecule has 3 heteroatoms. The molecule has 1 unspecified atom stereocenters. The number of rotatable bonds is 4. The SMILES string of the molecule is CCN1CCCC(/C=C\CN2CCNCC2)C1. The molecule has 0 aromatic carbocycles. The number of hydrogen-bond acceptors (Lipinski definition) is 3. The van der Waals surface area contributed by atoms with Crippen molar-refractivity contribution in [3.8, 4) is 0 Å². The van der Waals surface area contributed by atoms with Gasteiger partial charge in [0.2, 0.25) is 0 Å². The van der Waals surface area contributed by atoms with E-state index in [2.05, 4.69) is 34.2 Å². The molecular weight excluding hydrogens is 210 g/mol. The Kier molecular flexibility index (Phi) is 5.49. The average Bonchev–Trinajstić information content (AvgIpc) is 2.40. The second-order valence-electron chi connectivity index (χ2n) is 5.27. The fourth-order valence-electron chi connectivity index (χ4n) is 2.83. The highest BCUT2D eigenvalue weighted by molar-refractivity contribution is 4.94. The molecule has 1 N–H and O–H groups in total. The molecule has 0 radical (unpaired) electrons. The van der Waals surface area contributed by atoms with Crippen LogP contribution in [0.15, 0.2) is 12.2 Å². The molecule has 0 aromatic heterocycles. The van der Waals surface area contributed by atoms with Crippen LogP contribution in [0.4, 0.5) is 0 Å². The lowest BCUT2D eigenvalue weighted by molar-refractivity contribution is 0.205. The van der Waals surface area contributed by atoms with E-state index in [-0.39, 0.29) is 0 Å². The molecule has 0 bridgehead atoms.